The van der Waals surface area contributed by atoms with Crippen LogP contribution in [0, 0.1) is 0 Å². The summed E-state index contributed by atoms with van der Waals surface area (Å²) in [4.78, 5) is 24.1. The molecule has 1 aromatic carbocycles. The quantitative estimate of drug-likeness (QED) is 0.709. The van der Waals surface area contributed by atoms with E-state index in [0.717, 1.165) is 20.7 Å². The summed E-state index contributed by atoms with van der Waals surface area (Å²) in [6.07, 6.45) is 0. The minimum atomic E-state index is -0.500. The number of quaternary nitrogens is 1. The lowest BCUT2D eigenvalue weighted by atomic mass is 10.1. The Morgan fingerprint density at radius 1 is 1.43 bits per heavy atom. The van der Waals surface area contributed by atoms with E-state index in [0.29, 0.717) is 6.54 Å². The van der Waals surface area contributed by atoms with Gasteiger partial charge in [-0.2, -0.15) is 0 Å². The van der Waals surface area contributed by atoms with Gasteiger partial charge in [-0.25, -0.2) is 4.79 Å². The number of nitrogens with one attached hydrogen (secondary N) is 3. The first-order valence-corrected chi connectivity index (χ1v) is 7.35. The maximum Gasteiger partial charge on any atom is 0.321 e. The molecule has 2 atom stereocenters. The number of likely N-dealkylation sites (N-methyl/N-ethyl adjacent to an activating group) is 1. The Bertz CT molecular complexity index is 522. The predicted molar refractivity (Wildman–Crippen MR) is 83.3 cm³/mol. The van der Waals surface area contributed by atoms with E-state index in [1.165, 1.54) is 7.05 Å². The standard InChI is InChI=1S/C14H20BrN3O3/c1-9(13(19)17-14(20)16-2)18(3)8-10-7-11(15)5-6-12(10)21-4/h5-7,9H,8H2,1-4H3,(H2,16,17,19,20)/p+1/t9-/m0/s1. The molecule has 0 saturated heterocycles. The van der Waals surface area contributed by atoms with Crippen molar-refractivity contribution in [2.45, 2.75) is 19.5 Å². The fraction of sp³-hybridized carbons (Fsp3) is 0.429. The normalized spacial score (nSPS) is 13.2. The van der Waals surface area contributed by atoms with E-state index in [2.05, 4.69) is 26.6 Å². The Labute approximate surface area is 133 Å². The second-order valence-electron chi connectivity index (χ2n) is 4.77. The second kappa shape index (κ2) is 7.99. The van der Waals surface area contributed by atoms with Crippen molar-refractivity contribution in [3.63, 3.8) is 0 Å². The first kappa shape index (κ1) is 17.5. The Hall–Kier alpha value is -1.60. The number of benzene rings is 1. The largest absolute Gasteiger partial charge is 0.496 e. The molecule has 0 aliphatic heterocycles. The molecule has 21 heavy (non-hydrogen) atoms. The molecule has 0 aliphatic rings. The summed E-state index contributed by atoms with van der Waals surface area (Å²) >= 11 is 3.43. The number of ether oxygens (including phenoxy) is 1. The lowest BCUT2D eigenvalue weighted by Crippen LogP contribution is -3.12. The molecule has 1 aromatic rings. The number of imide groups is 1. The van der Waals surface area contributed by atoms with Crippen molar-refractivity contribution in [3.05, 3.63) is 28.2 Å². The molecule has 6 nitrogen and oxygen atoms in total. The van der Waals surface area contributed by atoms with Crippen molar-refractivity contribution < 1.29 is 19.2 Å². The molecule has 3 N–H and O–H groups in total. The molecule has 0 spiro atoms. The van der Waals surface area contributed by atoms with Crippen LogP contribution < -0.4 is 20.3 Å². The lowest BCUT2D eigenvalue weighted by Gasteiger charge is -2.21. The van der Waals surface area contributed by atoms with Crippen LogP contribution in [0.4, 0.5) is 4.79 Å². The SMILES string of the molecule is CNC(=O)NC(=O)[C@H](C)[NH+](C)Cc1cc(Br)ccc1OC. The summed E-state index contributed by atoms with van der Waals surface area (Å²) in [5.41, 5.74) is 0.990. The molecule has 0 radical (unpaired) electrons. The van der Waals surface area contributed by atoms with Crippen molar-refractivity contribution in [1.82, 2.24) is 10.6 Å². The summed E-state index contributed by atoms with van der Waals surface area (Å²) in [7, 11) is 4.98. The highest BCUT2D eigenvalue weighted by Gasteiger charge is 2.24. The summed E-state index contributed by atoms with van der Waals surface area (Å²) in [6.45, 7) is 2.38. The topological polar surface area (TPSA) is 71.9 Å². The molecule has 0 heterocycles. The molecule has 0 bridgehead atoms. The smallest absolute Gasteiger partial charge is 0.321 e. The van der Waals surface area contributed by atoms with Crippen molar-refractivity contribution in [2.24, 2.45) is 0 Å². The number of carbonyl (C=O) groups is 2. The fourth-order valence-corrected chi connectivity index (χ4v) is 2.25. The summed E-state index contributed by atoms with van der Waals surface area (Å²) in [6, 6.07) is 4.87. The van der Waals surface area contributed by atoms with Crippen LogP contribution in [0.1, 0.15) is 12.5 Å². The van der Waals surface area contributed by atoms with Gasteiger partial charge in [0.2, 0.25) is 0 Å². The van der Waals surface area contributed by atoms with Crippen molar-refractivity contribution in [3.8, 4) is 5.75 Å². The lowest BCUT2D eigenvalue weighted by molar-refractivity contribution is -0.908. The van der Waals surface area contributed by atoms with Gasteiger partial charge >= 0.3 is 6.03 Å². The molecule has 116 valence electrons. The van der Waals surface area contributed by atoms with E-state index in [1.54, 1.807) is 14.0 Å². The van der Waals surface area contributed by atoms with E-state index in [1.807, 2.05) is 25.2 Å². The maximum absolute atomic E-state index is 11.9. The van der Waals surface area contributed by atoms with Crippen molar-refractivity contribution >= 4 is 27.9 Å². The summed E-state index contributed by atoms with van der Waals surface area (Å²) in [5.74, 6) is 0.456. The van der Waals surface area contributed by atoms with Gasteiger partial charge < -0.3 is 15.0 Å². The fourth-order valence-electron chi connectivity index (χ4n) is 1.85. The van der Waals surface area contributed by atoms with Crippen LogP contribution in [0.2, 0.25) is 0 Å². The van der Waals surface area contributed by atoms with Crippen LogP contribution in [-0.4, -0.2) is 39.2 Å². The second-order valence-corrected chi connectivity index (χ2v) is 5.69. The van der Waals surface area contributed by atoms with Gasteiger partial charge in [0.1, 0.15) is 12.3 Å². The van der Waals surface area contributed by atoms with Crippen LogP contribution in [-0.2, 0) is 11.3 Å². The highest BCUT2D eigenvalue weighted by atomic mass is 79.9. The van der Waals surface area contributed by atoms with Gasteiger partial charge in [0.05, 0.1) is 14.2 Å². The molecule has 0 fully saturated rings. The summed E-state index contributed by atoms with van der Waals surface area (Å²) < 4.78 is 6.28. The van der Waals surface area contributed by atoms with Crippen molar-refractivity contribution in [1.29, 1.82) is 0 Å². The number of rotatable bonds is 5. The monoisotopic (exact) mass is 358 g/mol. The highest BCUT2D eigenvalue weighted by Crippen LogP contribution is 2.22. The van der Waals surface area contributed by atoms with Gasteiger partial charge in [-0.3, -0.25) is 10.1 Å². The number of carbonyl (C=O) groups excluding carboxylic acids is 2. The average Bonchev–Trinajstić information content (AvgIpc) is 2.46. The number of hydrogen-bond donors (Lipinski definition) is 3. The Kier molecular flexibility index (Phi) is 6.64. The van der Waals surface area contributed by atoms with Crippen LogP contribution in [0.15, 0.2) is 22.7 Å². The van der Waals surface area contributed by atoms with E-state index in [4.69, 9.17) is 4.74 Å². The van der Waals surface area contributed by atoms with Gasteiger partial charge in [0.15, 0.2) is 6.04 Å². The Morgan fingerprint density at radius 2 is 2.10 bits per heavy atom. The zero-order valence-electron chi connectivity index (χ0n) is 12.6. The predicted octanol–water partition coefficient (Wildman–Crippen LogP) is 0.317. The van der Waals surface area contributed by atoms with E-state index >= 15 is 0 Å². The average molecular weight is 359 g/mol. The third-order valence-corrected chi connectivity index (χ3v) is 3.80. The third kappa shape index (κ3) is 5.02. The van der Waals surface area contributed by atoms with Crippen LogP contribution in [0.5, 0.6) is 5.75 Å². The molecule has 1 unspecified atom stereocenters. The van der Waals surface area contributed by atoms with Crippen LogP contribution >= 0.6 is 15.9 Å². The zero-order valence-corrected chi connectivity index (χ0v) is 14.2. The van der Waals surface area contributed by atoms with E-state index in [-0.39, 0.29) is 11.9 Å². The number of halogens is 1. The number of urea groups is 1. The third-order valence-electron chi connectivity index (χ3n) is 3.31. The van der Waals surface area contributed by atoms with Gasteiger partial charge in [0, 0.05) is 17.1 Å². The van der Waals surface area contributed by atoms with E-state index in [9.17, 15) is 9.59 Å². The van der Waals surface area contributed by atoms with Gasteiger partial charge in [-0.1, -0.05) is 15.9 Å². The number of methoxy groups -OCH3 is 1. The highest BCUT2D eigenvalue weighted by molar-refractivity contribution is 9.10. The molecule has 3 amide bonds. The van der Waals surface area contributed by atoms with Gasteiger partial charge in [0.25, 0.3) is 5.91 Å². The van der Waals surface area contributed by atoms with Gasteiger partial charge in [-0.05, 0) is 25.1 Å². The maximum atomic E-state index is 11.9. The molecular formula is C14H21BrN3O3+. The molecule has 0 aromatic heterocycles. The first-order valence-electron chi connectivity index (χ1n) is 6.56. The first-order chi connectivity index (χ1) is 9.88. The van der Waals surface area contributed by atoms with Crippen LogP contribution in [0.3, 0.4) is 0 Å². The summed E-state index contributed by atoms with van der Waals surface area (Å²) in [5, 5.41) is 4.64. The number of hydrogen-bond acceptors (Lipinski definition) is 3. The Morgan fingerprint density at radius 3 is 2.67 bits per heavy atom. The molecule has 0 aliphatic carbocycles. The molecular weight excluding hydrogens is 338 g/mol. The zero-order chi connectivity index (χ0) is 16.0. The minimum absolute atomic E-state index is 0.319. The van der Waals surface area contributed by atoms with E-state index < -0.39 is 6.03 Å². The van der Waals surface area contributed by atoms with Crippen LogP contribution in [0.25, 0.3) is 0 Å². The minimum Gasteiger partial charge on any atom is -0.496 e. The van der Waals surface area contributed by atoms with Crippen molar-refractivity contribution in [2.75, 3.05) is 21.2 Å². The molecule has 7 heteroatoms. The Balaban J connectivity index is 2.76. The number of amides is 3. The molecule has 0 saturated carbocycles. The molecule has 1 rings (SSSR count). The van der Waals surface area contributed by atoms with Gasteiger partial charge in [-0.15, -0.1) is 0 Å².